The monoisotopic (exact) mass is 296 g/mol. The fourth-order valence-corrected chi connectivity index (χ4v) is 2.95. The molecule has 1 saturated heterocycles. The van der Waals surface area contributed by atoms with Crippen molar-refractivity contribution in [1.29, 1.82) is 0 Å². The molecule has 110 valence electrons. The van der Waals surface area contributed by atoms with E-state index in [-0.39, 0.29) is 22.9 Å². The van der Waals surface area contributed by atoms with Crippen molar-refractivity contribution in [3.63, 3.8) is 0 Å². The number of carbonyl (C=O) groups excluding carboxylic acids is 1. The zero-order valence-corrected chi connectivity index (χ0v) is 12.8. The maximum atomic E-state index is 12.5. The van der Waals surface area contributed by atoms with Crippen LogP contribution in [0.4, 0.5) is 0 Å². The first-order valence-corrected chi connectivity index (χ1v) is 8.52. The Morgan fingerprint density at radius 3 is 2.40 bits per heavy atom. The van der Waals surface area contributed by atoms with Crippen molar-refractivity contribution in [3.05, 3.63) is 29.8 Å². The van der Waals surface area contributed by atoms with E-state index in [4.69, 9.17) is 0 Å². The molecule has 1 N–H and O–H groups in total. The fraction of sp³-hybridized carbons (Fsp3) is 0.500. The van der Waals surface area contributed by atoms with Gasteiger partial charge in [0.15, 0.2) is 9.84 Å². The Kier molecular flexibility index (Phi) is 4.15. The van der Waals surface area contributed by atoms with Crippen molar-refractivity contribution in [2.45, 2.75) is 30.8 Å². The number of nitrogens with zero attached hydrogens (tertiary/aromatic N) is 1. The highest BCUT2D eigenvalue weighted by molar-refractivity contribution is 7.90. The molecule has 1 fully saturated rings. The van der Waals surface area contributed by atoms with Gasteiger partial charge in [-0.2, -0.15) is 0 Å². The van der Waals surface area contributed by atoms with Gasteiger partial charge in [0.2, 0.25) is 0 Å². The normalized spacial score (nSPS) is 23.6. The summed E-state index contributed by atoms with van der Waals surface area (Å²) in [7, 11) is -3.22. The first-order chi connectivity index (χ1) is 9.29. The molecule has 0 aromatic heterocycles. The highest BCUT2D eigenvalue weighted by Gasteiger charge is 2.27. The zero-order valence-electron chi connectivity index (χ0n) is 12.0. The Labute approximate surface area is 119 Å². The minimum Gasteiger partial charge on any atom is -0.333 e. The van der Waals surface area contributed by atoms with Gasteiger partial charge in [0.1, 0.15) is 0 Å². The number of piperazine rings is 1. The average Bonchev–Trinajstić information content (AvgIpc) is 2.40. The zero-order chi connectivity index (χ0) is 14.9. The van der Waals surface area contributed by atoms with Crippen molar-refractivity contribution in [3.8, 4) is 0 Å². The van der Waals surface area contributed by atoms with Crippen molar-refractivity contribution >= 4 is 15.7 Å². The molecule has 0 bridgehead atoms. The summed E-state index contributed by atoms with van der Waals surface area (Å²) in [6.07, 6.45) is 1.16. The molecule has 0 aliphatic carbocycles. The smallest absolute Gasteiger partial charge is 0.254 e. The SMILES string of the molecule is CC1CN(C(=O)c2ccc(S(C)(=O)=O)cc2)C(C)CN1. The van der Waals surface area contributed by atoms with Gasteiger partial charge in [-0.1, -0.05) is 0 Å². The highest BCUT2D eigenvalue weighted by atomic mass is 32.2. The third-order valence-corrected chi connectivity index (χ3v) is 4.68. The van der Waals surface area contributed by atoms with Crippen LogP contribution in [-0.2, 0) is 9.84 Å². The summed E-state index contributed by atoms with van der Waals surface area (Å²) in [5.41, 5.74) is 0.526. The lowest BCUT2D eigenvalue weighted by Gasteiger charge is -2.37. The standard InChI is InChI=1S/C14H20N2O3S/c1-10-9-16(11(2)8-15-10)14(17)12-4-6-13(7-5-12)20(3,18)19/h4-7,10-11,15H,8-9H2,1-3H3. The molecule has 0 radical (unpaired) electrons. The minimum atomic E-state index is -3.22. The molecule has 0 saturated carbocycles. The summed E-state index contributed by atoms with van der Waals surface area (Å²) in [5.74, 6) is -0.0501. The Morgan fingerprint density at radius 1 is 1.25 bits per heavy atom. The van der Waals surface area contributed by atoms with Crippen LogP contribution < -0.4 is 5.32 Å². The van der Waals surface area contributed by atoms with E-state index in [2.05, 4.69) is 5.32 Å². The number of hydrogen-bond acceptors (Lipinski definition) is 4. The third kappa shape index (κ3) is 3.19. The van der Waals surface area contributed by atoms with Crippen LogP contribution in [0.25, 0.3) is 0 Å². The number of nitrogens with one attached hydrogen (secondary N) is 1. The van der Waals surface area contributed by atoms with Gasteiger partial charge in [0, 0.05) is 37.0 Å². The number of sulfone groups is 1. The van der Waals surface area contributed by atoms with Gasteiger partial charge in [0.05, 0.1) is 4.90 Å². The van der Waals surface area contributed by atoms with E-state index in [0.717, 1.165) is 12.8 Å². The van der Waals surface area contributed by atoms with Crippen molar-refractivity contribution in [1.82, 2.24) is 10.2 Å². The molecular formula is C14H20N2O3S. The van der Waals surface area contributed by atoms with Crippen LogP contribution in [0.2, 0.25) is 0 Å². The predicted octanol–water partition coefficient (Wildman–Crippen LogP) is 0.913. The Hall–Kier alpha value is -1.40. The minimum absolute atomic E-state index is 0.0501. The first kappa shape index (κ1) is 15.0. The molecule has 20 heavy (non-hydrogen) atoms. The summed E-state index contributed by atoms with van der Waals surface area (Å²) < 4.78 is 22.8. The Balaban J connectivity index is 2.21. The molecular weight excluding hydrogens is 276 g/mol. The molecule has 1 aromatic rings. The van der Waals surface area contributed by atoms with Crippen LogP contribution in [0.1, 0.15) is 24.2 Å². The Bertz CT molecular complexity index is 595. The molecule has 2 unspecified atom stereocenters. The molecule has 1 aliphatic rings. The van der Waals surface area contributed by atoms with E-state index in [0.29, 0.717) is 12.1 Å². The van der Waals surface area contributed by atoms with E-state index in [1.54, 1.807) is 12.1 Å². The van der Waals surface area contributed by atoms with Gasteiger partial charge in [-0.15, -0.1) is 0 Å². The second kappa shape index (κ2) is 5.54. The number of benzene rings is 1. The van der Waals surface area contributed by atoms with Gasteiger partial charge in [-0.25, -0.2) is 8.42 Å². The van der Waals surface area contributed by atoms with E-state index >= 15 is 0 Å². The number of hydrogen-bond donors (Lipinski definition) is 1. The second-order valence-electron chi connectivity index (χ2n) is 5.41. The predicted molar refractivity (Wildman–Crippen MR) is 77.5 cm³/mol. The summed E-state index contributed by atoms with van der Waals surface area (Å²) in [4.78, 5) is 14.5. The number of carbonyl (C=O) groups is 1. The van der Waals surface area contributed by atoms with Crippen LogP contribution in [0.15, 0.2) is 29.2 Å². The van der Waals surface area contributed by atoms with Crippen LogP contribution in [0, 0.1) is 0 Å². The third-order valence-electron chi connectivity index (χ3n) is 3.55. The van der Waals surface area contributed by atoms with E-state index in [1.807, 2.05) is 18.7 Å². The lowest BCUT2D eigenvalue weighted by Crippen LogP contribution is -2.56. The molecule has 1 aliphatic heterocycles. The molecule has 5 nitrogen and oxygen atoms in total. The molecule has 2 atom stereocenters. The Morgan fingerprint density at radius 2 is 1.85 bits per heavy atom. The molecule has 2 rings (SSSR count). The van der Waals surface area contributed by atoms with Crippen molar-refractivity contribution < 1.29 is 13.2 Å². The average molecular weight is 296 g/mol. The van der Waals surface area contributed by atoms with Crippen LogP contribution in [0.3, 0.4) is 0 Å². The van der Waals surface area contributed by atoms with E-state index in [1.165, 1.54) is 12.1 Å². The second-order valence-corrected chi connectivity index (χ2v) is 7.43. The van der Waals surface area contributed by atoms with Crippen LogP contribution in [-0.4, -0.2) is 50.7 Å². The summed E-state index contributed by atoms with van der Waals surface area (Å²) >= 11 is 0. The molecule has 0 spiro atoms. The highest BCUT2D eigenvalue weighted by Crippen LogP contribution is 2.15. The van der Waals surface area contributed by atoms with Crippen molar-refractivity contribution in [2.24, 2.45) is 0 Å². The molecule has 1 aromatic carbocycles. The van der Waals surface area contributed by atoms with E-state index < -0.39 is 9.84 Å². The van der Waals surface area contributed by atoms with Crippen molar-refractivity contribution in [2.75, 3.05) is 19.3 Å². The van der Waals surface area contributed by atoms with Crippen LogP contribution in [0.5, 0.6) is 0 Å². The fourth-order valence-electron chi connectivity index (χ4n) is 2.32. The summed E-state index contributed by atoms with van der Waals surface area (Å²) in [6.45, 7) is 5.47. The number of amides is 1. The summed E-state index contributed by atoms with van der Waals surface area (Å²) in [5, 5.41) is 3.32. The summed E-state index contributed by atoms with van der Waals surface area (Å²) in [6, 6.07) is 6.53. The molecule has 1 heterocycles. The van der Waals surface area contributed by atoms with E-state index in [9.17, 15) is 13.2 Å². The number of rotatable bonds is 2. The van der Waals surface area contributed by atoms with Crippen LogP contribution >= 0.6 is 0 Å². The van der Waals surface area contributed by atoms with Gasteiger partial charge in [0.25, 0.3) is 5.91 Å². The maximum absolute atomic E-state index is 12.5. The topological polar surface area (TPSA) is 66.5 Å². The van der Waals surface area contributed by atoms with Gasteiger partial charge >= 0.3 is 0 Å². The lowest BCUT2D eigenvalue weighted by atomic mass is 10.1. The van der Waals surface area contributed by atoms with Gasteiger partial charge in [-0.05, 0) is 38.1 Å². The largest absolute Gasteiger partial charge is 0.333 e. The van der Waals surface area contributed by atoms with Gasteiger partial charge in [-0.3, -0.25) is 4.79 Å². The molecule has 1 amide bonds. The molecule has 6 heteroatoms. The quantitative estimate of drug-likeness (QED) is 0.881. The van der Waals surface area contributed by atoms with Gasteiger partial charge < -0.3 is 10.2 Å². The first-order valence-electron chi connectivity index (χ1n) is 6.63. The maximum Gasteiger partial charge on any atom is 0.254 e. The lowest BCUT2D eigenvalue weighted by molar-refractivity contribution is 0.0616.